The van der Waals surface area contributed by atoms with E-state index in [-0.39, 0.29) is 41.5 Å². The summed E-state index contributed by atoms with van der Waals surface area (Å²) in [7, 11) is 1.34. The molecule has 0 radical (unpaired) electrons. The number of nitrogens with zero attached hydrogens (tertiary/aromatic N) is 2. The number of hydrogen-bond donors (Lipinski definition) is 2. The van der Waals surface area contributed by atoms with E-state index < -0.39 is 46.9 Å². The number of nitrogens with one attached hydrogen (secondary N) is 2. The molecule has 0 saturated carbocycles. The molecule has 1 saturated heterocycles. The smallest absolute Gasteiger partial charge is 0.433 e. The van der Waals surface area contributed by atoms with Crippen molar-refractivity contribution in [2.75, 3.05) is 38.7 Å². The van der Waals surface area contributed by atoms with E-state index in [0.717, 1.165) is 12.3 Å². The molecule has 2 N–H and O–H groups in total. The average molecular weight is 657 g/mol. The van der Waals surface area contributed by atoms with Crippen molar-refractivity contribution in [3.8, 4) is 5.75 Å². The van der Waals surface area contributed by atoms with Gasteiger partial charge in [0, 0.05) is 36.2 Å². The molecule has 3 rings (SSSR count). The average Bonchev–Trinajstić information content (AvgIpc) is 2.95. The van der Waals surface area contributed by atoms with Crippen molar-refractivity contribution in [1.29, 1.82) is 0 Å². The number of alkyl halides is 3. The number of ether oxygens (including phenoxy) is 3. The molecule has 1 atom stereocenters. The summed E-state index contributed by atoms with van der Waals surface area (Å²) in [6.45, 7) is 9.80. The SMILES string of the molecule is CCOC(=O)CC1(CNC(=O)c2ccc(N[C@@H](C)c3cc(C(F)(F)F)ncc3OC)c(Cl)c2)CCN(C(=O)OC(C)(C)C)CC1. The quantitative estimate of drug-likeness (QED) is 0.274. The summed E-state index contributed by atoms with van der Waals surface area (Å²) < 4.78 is 55.6. The molecule has 1 aliphatic rings. The fourth-order valence-electron chi connectivity index (χ4n) is 5.00. The molecular formula is C31H40ClF3N4O6. The van der Waals surface area contributed by atoms with Crippen molar-refractivity contribution in [3.05, 3.63) is 52.3 Å². The van der Waals surface area contributed by atoms with E-state index >= 15 is 0 Å². The standard InChI is InChI=1S/C31H40ClF3N4O6/c1-7-44-26(40)16-30(10-12-39(13-11-30)28(42)45-29(3,4)5)18-37-27(41)20-8-9-23(22(32)14-20)38-19(2)21-15-25(31(33,34)35)36-17-24(21)43-6/h8-9,14-15,17,19,38H,7,10-13,16,18H2,1-6H3,(H,37,41)/t19-/m0/s1. The number of hydrogen-bond acceptors (Lipinski definition) is 8. The summed E-state index contributed by atoms with van der Waals surface area (Å²) in [5.41, 5.74) is -1.47. The third kappa shape index (κ3) is 9.87. The lowest BCUT2D eigenvalue weighted by Crippen LogP contribution is -2.49. The second kappa shape index (κ2) is 14.6. The highest BCUT2D eigenvalue weighted by Crippen LogP contribution is 2.37. The van der Waals surface area contributed by atoms with Crippen molar-refractivity contribution in [1.82, 2.24) is 15.2 Å². The number of rotatable bonds is 10. The zero-order valence-electron chi connectivity index (χ0n) is 26.3. The van der Waals surface area contributed by atoms with Crippen LogP contribution in [0.5, 0.6) is 5.75 Å². The van der Waals surface area contributed by atoms with Gasteiger partial charge >= 0.3 is 18.2 Å². The topological polar surface area (TPSA) is 119 Å². The van der Waals surface area contributed by atoms with E-state index in [4.69, 9.17) is 25.8 Å². The predicted octanol–water partition coefficient (Wildman–Crippen LogP) is 6.64. The van der Waals surface area contributed by atoms with Gasteiger partial charge in [-0.2, -0.15) is 13.2 Å². The second-order valence-corrected chi connectivity index (χ2v) is 12.4. The number of pyridine rings is 1. The number of aromatic nitrogens is 1. The van der Waals surface area contributed by atoms with Gasteiger partial charge in [-0.3, -0.25) is 9.59 Å². The highest BCUT2D eigenvalue weighted by Gasteiger charge is 2.40. The Hall–Kier alpha value is -3.74. The molecule has 10 nitrogen and oxygen atoms in total. The van der Waals surface area contributed by atoms with Crippen LogP contribution in [-0.2, 0) is 20.4 Å². The van der Waals surface area contributed by atoms with E-state index in [2.05, 4.69) is 15.6 Å². The Morgan fingerprint density at radius 3 is 2.36 bits per heavy atom. The minimum Gasteiger partial charge on any atom is -0.495 e. The Kier molecular flexibility index (Phi) is 11.6. The molecule has 45 heavy (non-hydrogen) atoms. The molecule has 1 aromatic carbocycles. The summed E-state index contributed by atoms with van der Waals surface area (Å²) in [5, 5.41) is 6.13. The van der Waals surface area contributed by atoms with Crippen LogP contribution < -0.4 is 15.4 Å². The third-order valence-electron chi connectivity index (χ3n) is 7.40. The van der Waals surface area contributed by atoms with Crippen molar-refractivity contribution in [3.63, 3.8) is 0 Å². The Labute approximate surface area is 265 Å². The molecule has 0 bridgehead atoms. The molecule has 2 amide bonds. The van der Waals surface area contributed by atoms with Gasteiger partial charge in [-0.05, 0) is 71.7 Å². The van der Waals surface area contributed by atoms with Gasteiger partial charge in [0.2, 0.25) is 0 Å². The third-order valence-corrected chi connectivity index (χ3v) is 7.71. The number of halogens is 4. The predicted molar refractivity (Wildman–Crippen MR) is 162 cm³/mol. The first-order valence-electron chi connectivity index (χ1n) is 14.6. The van der Waals surface area contributed by atoms with Crippen molar-refractivity contribution >= 4 is 35.3 Å². The Morgan fingerprint density at radius 1 is 1.13 bits per heavy atom. The summed E-state index contributed by atoms with van der Waals surface area (Å²) in [6.07, 6.45) is -3.09. The van der Waals surface area contributed by atoms with Crippen LogP contribution in [0.2, 0.25) is 5.02 Å². The lowest BCUT2D eigenvalue weighted by atomic mass is 9.75. The molecule has 1 aliphatic heterocycles. The first kappa shape index (κ1) is 35.7. The molecule has 0 unspecified atom stereocenters. The maximum atomic E-state index is 13.3. The number of carbonyl (C=O) groups is 3. The Morgan fingerprint density at radius 2 is 1.80 bits per heavy atom. The highest BCUT2D eigenvalue weighted by molar-refractivity contribution is 6.33. The number of benzene rings is 1. The zero-order chi connectivity index (χ0) is 33.6. The van der Waals surface area contributed by atoms with Crippen molar-refractivity contribution in [2.45, 2.75) is 71.7 Å². The van der Waals surface area contributed by atoms with Crippen molar-refractivity contribution in [2.24, 2.45) is 5.41 Å². The molecular weight excluding hydrogens is 617 g/mol. The monoisotopic (exact) mass is 656 g/mol. The lowest BCUT2D eigenvalue weighted by molar-refractivity contribution is -0.146. The maximum absolute atomic E-state index is 13.3. The van der Waals surface area contributed by atoms with E-state index in [1.165, 1.54) is 19.2 Å². The van der Waals surface area contributed by atoms with Crippen LogP contribution in [0.4, 0.5) is 23.7 Å². The molecule has 248 valence electrons. The number of piperidine rings is 1. The fraction of sp³-hybridized carbons (Fsp3) is 0.548. The van der Waals surface area contributed by atoms with Gasteiger partial charge in [0.15, 0.2) is 0 Å². The van der Waals surface area contributed by atoms with E-state index in [9.17, 15) is 27.6 Å². The van der Waals surface area contributed by atoms with Crippen LogP contribution >= 0.6 is 11.6 Å². The van der Waals surface area contributed by atoms with Crippen LogP contribution in [-0.4, -0.2) is 66.8 Å². The maximum Gasteiger partial charge on any atom is 0.433 e. The van der Waals surface area contributed by atoms with E-state index in [1.54, 1.807) is 45.6 Å². The minimum absolute atomic E-state index is 0.0688. The van der Waals surface area contributed by atoms with Crippen LogP contribution in [0.25, 0.3) is 0 Å². The van der Waals surface area contributed by atoms with Gasteiger partial charge in [0.25, 0.3) is 5.91 Å². The summed E-state index contributed by atoms with van der Waals surface area (Å²) in [5.74, 6) is -0.651. The number of carbonyl (C=O) groups excluding carboxylic acids is 3. The Bertz CT molecular complexity index is 1370. The number of esters is 1. The molecule has 2 heterocycles. The molecule has 14 heteroatoms. The van der Waals surface area contributed by atoms with Gasteiger partial charge < -0.3 is 29.7 Å². The first-order chi connectivity index (χ1) is 21.0. The second-order valence-electron chi connectivity index (χ2n) is 12.0. The van der Waals surface area contributed by atoms with E-state index in [1.807, 2.05) is 0 Å². The summed E-state index contributed by atoms with van der Waals surface area (Å²) in [4.78, 5) is 43.2. The summed E-state index contributed by atoms with van der Waals surface area (Å²) in [6, 6.07) is 4.79. The van der Waals surface area contributed by atoms with E-state index in [0.29, 0.717) is 31.6 Å². The van der Waals surface area contributed by atoms with Gasteiger partial charge in [0.1, 0.15) is 17.0 Å². The van der Waals surface area contributed by atoms with Crippen LogP contribution in [0.3, 0.4) is 0 Å². The largest absolute Gasteiger partial charge is 0.495 e. The number of likely N-dealkylation sites (tertiary alicyclic amines) is 1. The van der Waals surface area contributed by atoms with Gasteiger partial charge in [0.05, 0.1) is 43.1 Å². The Balaban J connectivity index is 1.70. The number of methoxy groups -OCH3 is 1. The van der Waals surface area contributed by atoms with Crippen LogP contribution in [0, 0.1) is 5.41 Å². The fourth-order valence-corrected chi connectivity index (χ4v) is 5.24. The molecule has 2 aromatic rings. The van der Waals surface area contributed by atoms with Gasteiger partial charge in [-0.15, -0.1) is 0 Å². The number of amides is 2. The highest BCUT2D eigenvalue weighted by atomic mass is 35.5. The van der Waals surface area contributed by atoms with Crippen LogP contribution in [0.1, 0.15) is 81.5 Å². The summed E-state index contributed by atoms with van der Waals surface area (Å²) >= 11 is 6.48. The van der Waals surface area contributed by atoms with Gasteiger partial charge in [-0.25, -0.2) is 9.78 Å². The minimum atomic E-state index is -4.63. The molecule has 1 fully saturated rings. The van der Waals surface area contributed by atoms with Gasteiger partial charge in [-0.1, -0.05) is 11.6 Å². The first-order valence-corrected chi connectivity index (χ1v) is 14.9. The number of anilines is 1. The molecule has 1 aromatic heterocycles. The zero-order valence-corrected chi connectivity index (χ0v) is 27.0. The van der Waals surface area contributed by atoms with Crippen molar-refractivity contribution < 1.29 is 41.8 Å². The van der Waals surface area contributed by atoms with Crippen LogP contribution in [0.15, 0.2) is 30.5 Å². The molecule has 0 spiro atoms. The lowest BCUT2D eigenvalue weighted by Gasteiger charge is -2.41. The normalized spacial score (nSPS) is 15.6. The molecule has 0 aliphatic carbocycles.